The van der Waals surface area contributed by atoms with Gasteiger partial charge < -0.3 is 31.5 Å². The number of nitrogens with one attached hydrogen (secondary N) is 3. The van der Waals surface area contributed by atoms with E-state index in [0.29, 0.717) is 24.5 Å². The Morgan fingerprint density at radius 1 is 1.19 bits per heavy atom. The molecule has 3 rings (SSSR count). The van der Waals surface area contributed by atoms with E-state index in [1.807, 2.05) is 0 Å². The summed E-state index contributed by atoms with van der Waals surface area (Å²) in [5.41, 5.74) is 7.25. The summed E-state index contributed by atoms with van der Waals surface area (Å²) in [6, 6.07) is 8.30. The maximum atomic E-state index is 12.4. The molecule has 2 atom stereocenters. The number of benzene rings is 2. The first kappa shape index (κ1) is 23.6. The molecule has 1 aliphatic rings. The summed E-state index contributed by atoms with van der Waals surface area (Å²) in [6.07, 6.45) is 0.649. The van der Waals surface area contributed by atoms with E-state index < -0.39 is 23.8 Å². The van der Waals surface area contributed by atoms with Crippen molar-refractivity contribution in [3.05, 3.63) is 57.6 Å². The number of carboxylic acid groups (broad SMARTS) is 1. The van der Waals surface area contributed by atoms with Crippen LogP contribution in [0.1, 0.15) is 28.4 Å². The first-order chi connectivity index (χ1) is 15.3. The number of nitrogen functional groups attached to an aromatic ring is 1. The zero-order chi connectivity index (χ0) is 23.3. The van der Waals surface area contributed by atoms with Crippen LogP contribution in [0.2, 0.25) is 10.0 Å². The van der Waals surface area contributed by atoms with Gasteiger partial charge in [-0.3, -0.25) is 9.59 Å². The lowest BCUT2D eigenvalue weighted by atomic mass is 10.00. The number of carbonyl (C=O) groups excluding carboxylic acids is 2. The van der Waals surface area contributed by atoms with Gasteiger partial charge in [-0.25, -0.2) is 4.79 Å². The van der Waals surface area contributed by atoms with Crippen molar-refractivity contribution >= 4 is 46.7 Å². The minimum atomic E-state index is -1.37. The van der Waals surface area contributed by atoms with E-state index in [-0.39, 0.29) is 34.7 Å². The van der Waals surface area contributed by atoms with E-state index in [4.69, 9.17) is 33.7 Å². The molecule has 9 nitrogen and oxygen atoms in total. The summed E-state index contributed by atoms with van der Waals surface area (Å²) in [4.78, 5) is 36.3. The highest BCUT2D eigenvalue weighted by molar-refractivity contribution is 6.39. The number of carbonyl (C=O) groups is 3. The fourth-order valence-electron chi connectivity index (χ4n) is 3.26. The third-order valence-corrected chi connectivity index (χ3v) is 5.51. The standard InChI is InChI=1S/C21H22Cl2N4O5/c22-13-2-1-3-14(23)19(13)20(29)27-16(21(30)31)9-26-18(28)10-25-15-6-7-32-17-5-4-11(24)8-12(15)17/h1-5,8,15-16,25H,6-7,9-10,24H2,(H,26,28)(H,27,29)(H,30,31)/t15?,16-/m0/s1. The smallest absolute Gasteiger partial charge is 0.328 e. The Balaban J connectivity index is 1.54. The van der Waals surface area contributed by atoms with Gasteiger partial charge in [-0.15, -0.1) is 0 Å². The van der Waals surface area contributed by atoms with Crippen molar-refractivity contribution in [3.63, 3.8) is 0 Å². The van der Waals surface area contributed by atoms with Gasteiger partial charge >= 0.3 is 5.97 Å². The number of ether oxygens (including phenoxy) is 1. The van der Waals surface area contributed by atoms with Crippen molar-refractivity contribution in [2.75, 3.05) is 25.4 Å². The van der Waals surface area contributed by atoms with Crippen molar-refractivity contribution in [2.24, 2.45) is 0 Å². The normalized spacial score (nSPS) is 15.8. The Morgan fingerprint density at radius 2 is 1.91 bits per heavy atom. The number of rotatable bonds is 8. The molecular formula is C21H22Cl2N4O5. The SMILES string of the molecule is Nc1ccc2c(c1)C(NCC(=O)NC[C@H](NC(=O)c1c(Cl)cccc1Cl)C(=O)O)CCO2. The molecule has 1 heterocycles. The number of aliphatic carboxylic acids is 1. The number of fused-ring (bicyclic) bond motifs is 1. The molecule has 170 valence electrons. The van der Waals surface area contributed by atoms with Crippen LogP contribution >= 0.6 is 23.2 Å². The minimum absolute atomic E-state index is 0.0347. The summed E-state index contributed by atoms with van der Waals surface area (Å²) in [5.74, 6) is -1.80. The first-order valence-electron chi connectivity index (χ1n) is 9.76. The van der Waals surface area contributed by atoms with Crippen molar-refractivity contribution < 1.29 is 24.2 Å². The second kappa shape index (κ2) is 10.5. The summed E-state index contributed by atoms with van der Waals surface area (Å²) in [6.45, 7) is 0.116. The van der Waals surface area contributed by atoms with Crippen LogP contribution in [0.15, 0.2) is 36.4 Å². The molecule has 11 heteroatoms. The van der Waals surface area contributed by atoms with E-state index in [9.17, 15) is 19.5 Å². The average molecular weight is 481 g/mol. The molecule has 6 N–H and O–H groups in total. The lowest BCUT2D eigenvalue weighted by Crippen LogP contribution is -2.49. The average Bonchev–Trinajstić information content (AvgIpc) is 2.74. The van der Waals surface area contributed by atoms with Gasteiger partial charge in [0.25, 0.3) is 5.91 Å². The van der Waals surface area contributed by atoms with Crippen LogP contribution in [0.3, 0.4) is 0 Å². The maximum absolute atomic E-state index is 12.4. The van der Waals surface area contributed by atoms with Crippen molar-refractivity contribution in [2.45, 2.75) is 18.5 Å². The van der Waals surface area contributed by atoms with E-state index in [1.165, 1.54) is 12.1 Å². The Kier molecular flexibility index (Phi) is 7.79. The van der Waals surface area contributed by atoms with Gasteiger partial charge in [0.1, 0.15) is 11.8 Å². The second-order valence-corrected chi connectivity index (χ2v) is 7.95. The molecule has 32 heavy (non-hydrogen) atoms. The molecule has 0 saturated heterocycles. The third-order valence-electron chi connectivity index (χ3n) is 4.88. The Bertz CT molecular complexity index is 1010. The number of anilines is 1. The highest BCUT2D eigenvalue weighted by atomic mass is 35.5. The van der Waals surface area contributed by atoms with Gasteiger partial charge in [0.15, 0.2) is 0 Å². The van der Waals surface area contributed by atoms with Gasteiger partial charge in [-0.2, -0.15) is 0 Å². The topological polar surface area (TPSA) is 143 Å². The van der Waals surface area contributed by atoms with Gasteiger partial charge in [0, 0.05) is 30.3 Å². The minimum Gasteiger partial charge on any atom is -0.493 e. The summed E-state index contributed by atoms with van der Waals surface area (Å²) in [7, 11) is 0. The molecule has 0 fully saturated rings. The largest absolute Gasteiger partial charge is 0.493 e. The second-order valence-electron chi connectivity index (χ2n) is 7.13. The summed E-state index contributed by atoms with van der Waals surface area (Å²) in [5, 5.41) is 17.5. The first-order valence-corrected chi connectivity index (χ1v) is 10.5. The number of hydrogen-bond donors (Lipinski definition) is 5. The molecule has 0 aromatic heterocycles. The maximum Gasteiger partial charge on any atom is 0.328 e. The van der Waals surface area contributed by atoms with Gasteiger partial charge in [0.05, 0.1) is 28.8 Å². The Hall–Kier alpha value is -3.01. The monoisotopic (exact) mass is 480 g/mol. The highest BCUT2D eigenvalue weighted by Gasteiger charge is 2.25. The van der Waals surface area contributed by atoms with Crippen molar-refractivity contribution in [1.29, 1.82) is 0 Å². The fourth-order valence-corrected chi connectivity index (χ4v) is 3.83. The number of halogens is 2. The Morgan fingerprint density at radius 3 is 2.59 bits per heavy atom. The zero-order valence-electron chi connectivity index (χ0n) is 16.9. The summed E-state index contributed by atoms with van der Waals surface area (Å²) < 4.78 is 5.59. The Labute approximate surface area is 194 Å². The molecule has 0 bridgehead atoms. The number of hydrogen-bond acceptors (Lipinski definition) is 6. The van der Waals surface area contributed by atoms with Crippen LogP contribution in [0, 0.1) is 0 Å². The molecule has 2 aromatic carbocycles. The molecule has 2 aromatic rings. The molecule has 0 aliphatic carbocycles. The lowest BCUT2D eigenvalue weighted by molar-refractivity contribution is -0.139. The van der Waals surface area contributed by atoms with Crippen LogP contribution in [0.4, 0.5) is 5.69 Å². The summed E-state index contributed by atoms with van der Waals surface area (Å²) >= 11 is 12.0. The number of amides is 2. The van der Waals surface area contributed by atoms with Gasteiger partial charge in [0.2, 0.25) is 5.91 Å². The predicted octanol–water partition coefficient (Wildman–Crippen LogP) is 1.99. The van der Waals surface area contributed by atoms with Crippen molar-refractivity contribution in [1.82, 2.24) is 16.0 Å². The van der Waals surface area contributed by atoms with Crippen LogP contribution in [-0.4, -0.2) is 48.6 Å². The predicted molar refractivity (Wildman–Crippen MR) is 120 cm³/mol. The quantitative estimate of drug-likeness (QED) is 0.363. The van der Waals surface area contributed by atoms with E-state index in [2.05, 4.69) is 16.0 Å². The molecule has 0 radical (unpaired) electrons. The zero-order valence-corrected chi connectivity index (χ0v) is 18.4. The van der Waals surface area contributed by atoms with Crippen LogP contribution in [0.5, 0.6) is 5.75 Å². The third kappa shape index (κ3) is 5.82. The molecule has 2 amide bonds. The van der Waals surface area contributed by atoms with Crippen LogP contribution in [0.25, 0.3) is 0 Å². The molecule has 0 saturated carbocycles. The van der Waals surface area contributed by atoms with Crippen LogP contribution in [-0.2, 0) is 9.59 Å². The molecule has 0 spiro atoms. The highest BCUT2D eigenvalue weighted by Crippen LogP contribution is 2.33. The van der Waals surface area contributed by atoms with Crippen LogP contribution < -0.4 is 26.4 Å². The van der Waals surface area contributed by atoms with Gasteiger partial charge in [-0.1, -0.05) is 29.3 Å². The molecule has 1 aliphatic heterocycles. The lowest BCUT2D eigenvalue weighted by Gasteiger charge is -2.27. The van der Waals surface area contributed by atoms with Gasteiger partial charge in [-0.05, 0) is 30.3 Å². The van der Waals surface area contributed by atoms with E-state index in [0.717, 1.165) is 5.56 Å². The van der Waals surface area contributed by atoms with Crippen molar-refractivity contribution in [3.8, 4) is 5.75 Å². The number of carboxylic acids is 1. The van der Waals surface area contributed by atoms with E-state index in [1.54, 1.807) is 24.3 Å². The fraction of sp³-hybridized carbons (Fsp3) is 0.286. The molecular weight excluding hydrogens is 459 g/mol. The number of nitrogens with two attached hydrogens (primary N) is 1. The molecule has 1 unspecified atom stereocenters. The van der Waals surface area contributed by atoms with E-state index >= 15 is 0 Å².